The first-order valence-corrected chi connectivity index (χ1v) is 14.8. The molecule has 0 atom stereocenters. The number of ether oxygens (including phenoxy) is 2. The van der Waals surface area contributed by atoms with E-state index in [0.717, 1.165) is 4.31 Å². The van der Waals surface area contributed by atoms with E-state index in [1.54, 1.807) is 0 Å². The Balaban J connectivity index is 1.54. The van der Waals surface area contributed by atoms with Crippen molar-refractivity contribution in [3.8, 4) is 5.75 Å². The quantitative estimate of drug-likeness (QED) is 0.413. The smallest absolute Gasteiger partial charge is 0.264 e. The van der Waals surface area contributed by atoms with Gasteiger partial charge in [0.25, 0.3) is 10.0 Å². The number of nitrogens with one attached hydrogen (secondary N) is 1. The standard InChI is InChI=1S/C25H26ClN3O7S2/c1-35-22-8-12-24(13-9-22)38(33,34)29(21-6-2-19(26)3-7-21)18-25(30)27-20-4-10-23(11-5-20)37(31,32)28-14-16-36-17-15-28/h2-13H,14-18H2,1H3,(H,27,30). The number of carbonyl (C=O) groups excluding carboxylic acids is 1. The minimum absolute atomic E-state index is 0.0290. The van der Waals surface area contributed by atoms with Crippen LogP contribution in [0.1, 0.15) is 0 Å². The lowest BCUT2D eigenvalue weighted by molar-refractivity contribution is -0.114. The fourth-order valence-corrected chi connectivity index (χ4v) is 6.73. The molecule has 3 aromatic rings. The van der Waals surface area contributed by atoms with Gasteiger partial charge in [-0.1, -0.05) is 11.6 Å². The van der Waals surface area contributed by atoms with E-state index < -0.39 is 32.5 Å². The Morgan fingerprint density at radius 2 is 1.50 bits per heavy atom. The van der Waals surface area contributed by atoms with Crippen molar-refractivity contribution in [3.05, 3.63) is 77.8 Å². The first-order valence-electron chi connectivity index (χ1n) is 11.5. The topological polar surface area (TPSA) is 122 Å². The molecule has 0 saturated carbocycles. The van der Waals surface area contributed by atoms with Gasteiger partial charge in [0.15, 0.2) is 0 Å². The van der Waals surface area contributed by atoms with Crippen LogP contribution in [0, 0.1) is 0 Å². The SMILES string of the molecule is COc1ccc(S(=O)(=O)N(CC(=O)Nc2ccc(S(=O)(=O)N3CCOCC3)cc2)c2ccc(Cl)cc2)cc1. The highest BCUT2D eigenvalue weighted by Crippen LogP contribution is 2.27. The van der Waals surface area contributed by atoms with Crippen molar-refractivity contribution in [1.29, 1.82) is 0 Å². The molecule has 0 aliphatic carbocycles. The third-order valence-electron chi connectivity index (χ3n) is 5.80. The highest BCUT2D eigenvalue weighted by molar-refractivity contribution is 7.92. The number of nitrogens with zero attached hydrogens (tertiary/aromatic N) is 2. The Hall–Kier alpha value is -3.16. The highest BCUT2D eigenvalue weighted by atomic mass is 35.5. The van der Waals surface area contributed by atoms with Crippen LogP contribution in [0.25, 0.3) is 0 Å². The third kappa shape index (κ3) is 6.27. The van der Waals surface area contributed by atoms with Crippen LogP contribution in [0.2, 0.25) is 5.02 Å². The Kier molecular flexibility index (Phi) is 8.58. The van der Waals surface area contributed by atoms with Crippen molar-refractivity contribution in [3.63, 3.8) is 0 Å². The highest BCUT2D eigenvalue weighted by Gasteiger charge is 2.28. The Bertz CT molecular complexity index is 1470. The summed E-state index contributed by atoms with van der Waals surface area (Å²) in [6.07, 6.45) is 0. The zero-order valence-corrected chi connectivity index (χ0v) is 22.8. The second-order valence-electron chi connectivity index (χ2n) is 8.25. The molecular formula is C25H26ClN3O7S2. The number of rotatable bonds is 9. The number of halogens is 1. The molecule has 3 aromatic carbocycles. The monoisotopic (exact) mass is 579 g/mol. The van der Waals surface area contributed by atoms with Crippen LogP contribution in [0.3, 0.4) is 0 Å². The normalized spacial score (nSPS) is 14.6. The molecule has 38 heavy (non-hydrogen) atoms. The second kappa shape index (κ2) is 11.7. The molecule has 1 heterocycles. The van der Waals surface area contributed by atoms with Gasteiger partial charge in [0, 0.05) is 23.8 Å². The summed E-state index contributed by atoms with van der Waals surface area (Å²) in [6, 6.07) is 17.6. The van der Waals surface area contributed by atoms with Crippen molar-refractivity contribution in [2.75, 3.05) is 49.6 Å². The molecule has 10 nitrogen and oxygen atoms in total. The summed E-state index contributed by atoms with van der Waals surface area (Å²) in [4.78, 5) is 13.0. The molecule has 1 amide bonds. The number of amides is 1. The maximum Gasteiger partial charge on any atom is 0.264 e. The predicted molar refractivity (Wildman–Crippen MR) is 144 cm³/mol. The van der Waals surface area contributed by atoms with Crippen molar-refractivity contribution in [2.24, 2.45) is 0 Å². The Morgan fingerprint density at radius 1 is 0.921 bits per heavy atom. The average molecular weight is 580 g/mol. The van der Waals surface area contributed by atoms with Crippen molar-refractivity contribution in [1.82, 2.24) is 4.31 Å². The molecule has 1 saturated heterocycles. The van der Waals surface area contributed by atoms with Gasteiger partial charge in [0.05, 0.1) is 35.8 Å². The van der Waals surface area contributed by atoms with Gasteiger partial charge in [-0.2, -0.15) is 4.31 Å². The fourth-order valence-electron chi connectivity index (χ4n) is 3.77. The first-order chi connectivity index (χ1) is 18.1. The number of sulfonamides is 2. The first kappa shape index (κ1) is 27.9. The molecule has 4 rings (SSSR count). The van der Waals surface area contributed by atoms with Gasteiger partial charge in [-0.15, -0.1) is 0 Å². The van der Waals surface area contributed by atoms with Crippen LogP contribution in [-0.2, 0) is 29.6 Å². The summed E-state index contributed by atoms with van der Waals surface area (Å²) in [5, 5.41) is 3.04. The minimum atomic E-state index is -4.14. The van der Waals surface area contributed by atoms with Gasteiger partial charge in [-0.05, 0) is 72.8 Å². The number of hydrogen-bond acceptors (Lipinski definition) is 7. The lowest BCUT2D eigenvalue weighted by atomic mass is 10.3. The summed E-state index contributed by atoms with van der Waals surface area (Å²) in [5.74, 6) is -0.139. The zero-order chi connectivity index (χ0) is 27.3. The van der Waals surface area contributed by atoms with E-state index in [0.29, 0.717) is 29.7 Å². The van der Waals surface area contributed by atoms with E-state index in [9.17, 15) is 21.6 Å². The van der Waals surface area contributed by atoms with Crippen LogP contribution in [0.4, 0.5) is 11.4 Å². The van der Waals surface area contributed by atoms with Crippen LogP contribution in [0.5, 0.6) is 5.75 Å². The molecule has 0 radical (unpaired) electrons. The van der Waals surface area contributed by atoms with Crippen molar-refractivity contribution < 1.29 is 31.1 Å². The lowest BCUT2D eigenvalue weighted by Crippen LogP contribution is -2.40. The van der Waals surface area contributed by atoms with Crippen molar-refractivity contribution in [2.45, 2.75) is 9.79 Å². The minimum Gasteiger partial charge on any atom is -0.497 e. The van der Waals surface area contributed by atoms with E-state index in [1.165, 1.54) is 84.2 Å². The number of morpholine rings is 1. The van der Waals surface area contributed by atoms with Crippen molar-refractivity contribution >= 4 is 48.9 Å². The maximum atomic E-state index is 13.5. The number of carbonyl (C=O) groups is 1. The van der Waals surface area contributed by atoms with Crippen LogP contribution in [-0.4, -0.2) is 67.0 Å². The molecule has 0 aromatic heterocycles. The zero-order valence-electron chi connectivity index (χ0n) is 20.4. The maximum absolute atomic E-state index is 13.5. The Morgan fingerprint density at radius 3 is 2.08 bits per heavy atom. The molecule has 1 aliphatic heterocycles. The molecule has 0 spiro atoms. The molecular weight excluding hydrogens is 554 g/mol. The number of methoxy groups -OCH3 is 1. The van der Waals surface area contributed by atoms with Gasteiger partial charge in [-0.25, -0.2) is 16.8 Å². The average Bonchev–Trinajstić information content (AvgIpc) is 2.93. The molecule has 13 heteroatoms. The lowest BCUT2D eigenvalue weighted by Gasteiger charge is -2.26. The van der Waals surface area contributed by atoms with Crippen LogP contribution < -0.4 is 14.4 Å². The number of anilines is 2. The molecule has 1 fully saturated rings. The van der Waals surface area contributed by atoms with E-state index in [4.69, 9.17) is 21.1 Å². The summed E-state index contributed by atoms with van der Waals surface area (Å²) < 4.78 is 65.3. The molecule has 0 unspecified atom stereocenters. The molecule has 1 aliphatic rings. The third-order valence-corrected chi connectivity index (χ3v) is 9.75. The summed E-state index contributed by atoms with van der Waals surface area (Å²) >= 11 is 5.98. The van der Waals surface area contributed by atoms with E-state index in [2.05, 4.69) is 5.32 Å². The number of benzene rings is 3. The largest absolute Gasteiger partial charge is 0.497 e. The Labute approximate surface area is 226 Å². The van der Waals surface area contributed by atoms with E-state index in [1.807, 2.05) is 0 Å². The predicted octanol–water partition coefficient (Wildman–Crippen LogP) is 3.20. The van der Waals surface area contributed by atoms with Gasteiger partial charge in [0.2, 0.25) is 15.9 Å². The van der Waals surface area contributed by atoms with E-state index in [-0.39, 0.29) is 28.6 Å². The number of hydrogen-bond donors (Lipinski definition) is 1. The summed E-state index contributed by atoms with van der Waals surface area (Å²) in [7, 11) is -6.36. The van der Waals surface area contributed by atoms with Crippen LogP contribution >= 0.6 is 11.6 Å². The molecule has 202 valence electrons. The second-order valence-corrected chi connectivity index (χ2v) is 12.5. The van der Waals surface area contributed by atoms with Gasteiger partial charge in [0.1, 0.15) is 12.3 Å². The van der Waals surface area contributed by atoms with Gasteiger partial charge in [-0.3, -0.25) is 9.10 Å². The summed E-state index contributed by atoms with van der Waals surface area (Å²) in [6.45, 7) is 0.658. The van der Waals surface area contributed by atoms with Gasteiger partial charge < -0.3 is 14.8 Å². The summed E-state index contributed by atoms with van der Waals surface area (Å²) in [5.41, 5.74) is 0.557. The molecule has 0 bridgehead atoms. The van der Waals surface area contributed by atoms with E-state index >= 15 is 0 Å². The van der Waals surface area contributed by atoms with Crippen LogP contribution in [0.15, 0.2) is 82.6 Å². The fraction of sp³-hybridized carbons (Fsp3) is 0.240. The van der Waals surface area contributed by atoms with Gasteiger partial charge >= 0.3 is 0 Å². The molecule has 1 N–H and O–H groups in total.